The Labute approximate surface area is 217 Å². The second kappa shape index (κ2) is 8.58. The molecule has 1 amide bonds. The maximum Gasteiger partial charge on any atom is 0.392 e. The number of nitriles is 1. The van der Waals surface area contributed by atoms with Gasteiger partial charge in [-0.05, 0) is 55.0 Å². The van der Waals surface area contributed by atoms with Gasteiger partial charge in [-0.25, -0.2) is 4.98 Å². The van der Waals surface area contributed by atoms with E-state index in [0.717, 1.165) is 34.0 Å². The van der Waals surface area contributed by atoms with Gasteiger partial charge in [0.2, 0.25) is 5.91 Å². The summed E-state index contributed by atoms with van der Waals surface area (Å²) in [5.41, 5.74) is 4.63. The number of H-pyrrole nitrogens is 1. The Morgan fingerprint density at radius 3 is 2.79 bits per heavy atom. The van der Waals surface area contributed by atoms with Gasteiger partial charge in [0, 0.05) is 54.7 Å². The van der Waals surface area contributed by atoms with Crippen LogP contribution >= 0.6 is 0 Å². The first-order valence-corrected chi connectivity index (χ1v) is 12.8. The number of carbonyl (C=O) groups excluding carboxylic acids is 1. The number of hydrogen-bond donors (Lipinski definition) is 1. The smallest absolute Gasteiger partial charge is 0.355 e. The molecule has 2 aliphatic heterocycles. The van der Waals surface area contributed by atoms with Crippen molar-refractivity contribution in [1.29, 1.82) is 5.26 Å². The van der Waals surface area contributed by atoms with E-state index in [-0.39, 0.29) is 30.6 Å². The summed E-state index contributed by atoms with van der Waals surface area (Å²) in [4.78, 5) is 20.6. The molecule has 1 atom stereocenters. The van der Waals surface area contributed by atoms with Gasteiger partial charge in [0.1, 0.15) is 17.5 Å². The number of halogens is 3. The predicted molar refractivity (Wildman–Crippen MR) is 136 cm³/mol. The zero-order valence-electron chi connectivity index (χ0n) is 21.0. The SMILES string of the molecule is C=CC(=O)N1CC2(CCN(c3nc4c(c(-c5c(C)ccc6[nH]ncc56)c3C#N)CCC(C(F)(F)F)C4)C2)C1. The zero-order valence-corrected chi connectivity index (χ0v) is 21.0. The summed E-state index contributed by atoms with van der Waals surface area (Å²) in [5, 5.41) is 18.5. The van der Waals surface area contributed by atoms with Crippen molar-refractivity contribution in [2.45, 2.75) is 38.8 Å². The highest BCUT2D eigenvalue weighted by Gasteiger charge is 2.50. The summed E-state index contributed by atoms with van der Waals surface area (Å²) in [6, 6.07) is 6.23. The van der Waals surface area contributed by atoms with E-state index < -0.39 is 12.1 Å². The quantitative estimate of drug-likeness (QED) is 0.506. The topological polar surface area (TPSA) is 88.9 Å². The first-order chi connectivity index (χ1) is 18.1. The van der Waals surface area contributed by atoms with E-state index in [1.54, 1.807) is 11.1 Å². The number of pyridine rings is 1. The van der Waals surface area contributed by atoms with Crippen molar-refractivity contribution < 1.29 is 18.0 Å². The molecule has 0 bridgehead atoms. The average molecular weight is 521 g/mol. The largest absolute Gasteiger partial charge is 0.392 e. The molecule has 6 rings (SSSR count). The van der Waals surface area contributed by atoms with Crippen LogP contribution in [-0.4, -0.2) is 58.3 Å². The Balaban J connectivity index is 1.49. The van der Waals surface area contributed by atoms with Crippen molar-refractivity contribution in [2.75, 3.05) is 31.1 Å². The van der Waals surface area contributed by atoms with Crippen LogP contribution < -0.4 is 4.90 Å². The van der Waals surface area contributed by atoms with Gasteiger partial charge in [0.05, 0.1) is 17.6 Å². The molecular weight excluding hydrogens is 493 g/mol. The second-order valence-corrected chi connectivity index (χ2v) is 10.9. The van der Waals surface area contributed by atoms with Crippen molar-refractivity contribution in [3.8, 4) is 17.2 Å². The van der Waals surface area contributed by atoms with Crippen molar-refractivity contribution in [1.82, 2.24) is 20.1 Å². The van der Waals surface area contributed by atoms with E-state index in [4.69, 9.17) is 4.98 Å². The van der Waals surface area contributed by atoms with Crippen LogP contribution in [0.4, 0.5) is 19.0 Å². The van der Waals surface area contributed by atoms with Gasteiger partial charge in [-0.3, -0.25) is 9.89 Å². The molecule has 4 heterocycles. The number of carbonyl (C=O) groups is 1. The second-order valence-electron chi connectivity index (χ2n) is 10.9. The minimum absolute atomic E-state index is 0.0319. The minimum atomic E-state index is -4.31. The van der Waals surface area contributed by atoms with Crippen LogP contribution in [-0.2, 0) is 17.6 Å². The van der Waals surface area contributed by atoms with Gasteiger partial charge in [-0.1, -0.05) is 12.6 Å². The molecule has 3 aliphatic rings. The third kappa shape index (κ3) is 3.75. The molecule has 1 spiro atoms. The minimum Gasteiger partial charge on any atom is -0.355 e. The van der Waals surface area contributed by atoms with Crippen molar-refractivity contribution in [2.24, 2.45) is 11.3 Å². The van der Waals surface area contributed by atoms with Gasteiger partial charge >= 0.3 is 6.18 Å². The number of aromatic nitrogens is 3. The molecule has 1 aliphatic carbocycles. The molecular formula is C28H27F3N6O. The van der Waals surface area contributed by atoms with Crippen LogP contribution in [0.3, 0.4) is 0 Å². The van der Waals surface area contributed by atoms with Crippen LogP contribution in [0.1, 0.15) is 35.2 Å². The number of hydrogen-bond acceptors (Lipinski definition) is 5. The fraction of sp³-hybridized carbons (Fsp3) is 0.429. The molecule has 1 unspecified atom stereocenters. The fourth-order valence-corrected chi connectivity index (χ4v) is 6.52. The normalized spacial score (nSPS) is 20.3. The predicted octanol–water partition coefficient (Wildman–Crippen LogP) is 4.70. The summed E-state index contributed by atoms with van der Waals surface area (Å²) in [6.45, 7) is 7.90. The van der Waals surface area contributed by atoms with Gasteiger partial charge < -0.3 is 9.80 Å². The van der Waals surface area contributed by atoms with Crippen molar-refractivity contribution in [3.63, 3.8) is 0 Å². The molecule has 3 aromatic rings. The van der Waals surface area contributed by atoms with E-state index in [0.29, 0.717) is 48.8 Å². The fourth-order valence-electron chi connectivity index (χ4n) is 6.52. The molecule has 38 heavy (non-hydrogen) atoms. The maximum absolute atomic E-state index is 13.8. The van der Waals surface area contributed by atoms with Crippen molar-refractivity contribution in [3.05, 3.63) is 53.4 Å². The summed E-state index contributed by atoms with van der Waals surface area (Å²) in [7, 11) is 0. The number of nitrogens with one attached hydrogen (secondary N) is 1. The molecule has 0 saturated carbocycles. The lowest BCUT2D eigenvalue weighted by atomic mass is 9.79. The van der Waals surface area contributed by atoms with E-state index >= 15 is 0 Å². The lowest BCUT2D eigenvalue weighted by molar-refractivity contribution is -0.177. The van der Waals surface area contributed by atoms with Crippen molar-refractivity contribution >= 4 is 22.6 Å². The third-order valence-corrected chi connectivity index (χ3v) is 8.48. The van der Waals surface area contributed by atoms with Gasteiger partial charge in [0.15, 0.2) is 0 Å². The molecule has 10 heteroatoms. The highest BCUT2D eigenvalue weighted by Crippen LogP contribution is 2.47. The van der Waals surface area contributed by atoms with E-state index in [1.807, 2.05) is 24.0 Å². The van der Waals surface area contributed by atoms with Gasteiger partial charge in [0.25, 0.3) is 0 Å². The number of anilines is 1. The van der Waals surface area contributed by atoms with Crippen LogP contribution in [0.2, 0.25) is 0 Å². The average Bonchev–Trinajstić information content (AvgIpc) is 3.53. The Morgan fingerprint density at radius 1 is 1.29 bits per heavy atom. The summed E-state index contributed by atoms with van der Waals surface area (Å²) < 4.78 is 41.3. The molecule has 1 N–H and O–H groups in total. The number of aromatic amines is 1. The highest BCUT2D eigenvalue weighted by molar-refractivity contribution is 5.99. The number of alkyl halides is 3. The van der Waals surface area contributed by atoms with E-state index in [2.05, 4.69) is 22.8 Å². The number of amides is 1. The summed E-state index contributed by atoms with van der Waals surface area (Å²) in [6.07, 6.45) is -0.515. The monoisotopic (exact) mass is 520 g/mol. The Hall–Kier alpha value is -3.87. The number of benzene rings is 1. The lowest BCUT2D eigenvalue weighted by Crippen LogP contribution is -2.59. The molecule has 2 fully saturated rings. The lowest BCUT2D eigenvalue weighted by Gasteiger charge is -2.47. The molecule has 1 aromatic carbocycles. The standard InChI is InChI=1S/C28H27F3N6O/c1-3-23(38)37-14-27(15-37)8-9-36(13-27)26-19(11-32)25(24-16(2)4-7-21-20(24)12-33-35-21)18-6-5-17(28(29,30)31)10-22(18)34-26/h3-4,7,12,17H,1,5-6,8-10,13-15H2,2H3,(H,33,35). The number of fused-ring (bicyclic) bond motifs is 2. The Morgan fingerprint density at radius 2 is 2.08 bits per heavy atom. The highest BCUT2D eigenvalue weighted by atomic mass is 19.4. The molecule has 2 saturated heterocycles. The van der Waals surface area contributed by atoms with Crippen LogP contribution in [0.5, 0.6) is 0 Å². The first-order valence-electron chi connectivity index (χ1n) is 12.8. The summed E-state index contributed by atoms with van der Waals surface area (Å²) in [5.74, 6) is -1.13. The Kier molecular flexibility index (Phi) is 5.53. The van der Waals surface area contributed by atoms with E-state index in [1.165, 1.54) is 6.08 Å². The van der Waals surface area contributed by atoms with Crippen LogP contribution in [0.15, 0.2) is 31.0 Å². The maximum atomic E-state index is 13.8. The number of likely N-dealkylation sites (tertiary alicyclic amines) is 1. The summed E-state index contributed by atoms with van der Waals surface area (Å²) >= 11 is 0. The van der Waals surface area contributed by atoms with Gasteiger partial charge in [-0.2, -0.15) is 23.5 Å². The third-order valence-electron chi connectivity index (χ3n) is 8.48. The zero-order chi connectivity index (χ0) is 26.8. The first kappa shape index (κ1) is 24.5. The van der Waals surface area contributed by atoms with Crippen LogP contribution in [0, 0.1) is 29.6 Å². The molecule has 2 aromatic heterocycles. The Bertz CT molecular complexity index is 1510. The molecule has 196 valence electrons. The van der Waals surface area contributed by atoms with Crippen LogP contribution in [0.25, 0.3) is 22.0 Å². The number of rotatable bonds is 3. The number of aryl methyl sites for hydroxylation is 1. The van der Waals surface area contributed by atoms with E-state index in [9.17, 15) is 23.2 Å². The molecule has 7 nitrogen and oxygen atoms in total. The van der Waals surface area contributed by atoms with Gasteiger partial charge in [-0.15, -0.1) is 0 Å². The molecule has 0 radical (unpaired) electrons. The number of nitrogens with zero attached hydrogens (tertiary/aromatic N) is 5.